The molecule has 0 aliphatic carbocycles. The molecule has 0 saturated carbocycles. The van der Waals surface area contributed by atoms with Gasteiger partial charge in [0.15, 0.2) is 0 Å². The van der Waals surface area contributed by atoms with Gasteiger partial charge >= 0.3 is 0 Å². The van der Waals surface area contributed by atoms with Crippen molar-refractivity contribution >= 4 is 0 Å². The van der Waals surface area contributed by atoms with Gasteiger partial charge in [0.25, 0.3) is 0 Å². The number of aryl methyl sites for hydroxylation is 4. The Labute approximate surface area is 289 Å². The second-order valence-electron chi connectivity index (χ2n) is 14.4. The summed E-state index contributed by atoms with van der Waals surface area (Å²) in [5, 5.41) is 0. The van der Waals surface area contributed by atoms with Crippen LogP contribution in [0.2, 0.25) is 0 Å². The Kier molecular flexibility index (Phi) is 9.05. The first-order chi connectivity index (χ1) is 22.3. The molecule has 0 amide bonds. The molecule has 0 spiro atoms. The van der Waals surface area contributed by atoms with Crippen LogP contribution in [0.4, 0.5) is 0 Å². The third-order valence-electron chi connectivity index (χ3n) is 12.1. The molecule has 0 fully saturated rings. The van der Waals surface area contributed by atoms with Gasteiger partial charge in [0.2, 0.25) is 0 Å². The molecular weight excluding hydrogens is 585 g/mol. The van der Waals surface area contributed by atoms with Gasteiger partial charge in [0, 0.05) is 22.5 Å². The number of rotatable bonds is 4. The number of nitrogens with zero attached hydrogens (tertiary/aromatic N) is 4. The number of hydrogen-bond acceptors (Lipinski definition) is 4. The monoisotopic (exact) mass is 638 g/mol. The highest BCUT2D eigenvalue weighted by Crippen LogP contribution is 2.42. The number of benzene rings is 2. The largest absolute Gasteiger partial charge is 0.250 e. The first-order valence-corrected chi connectivity index (χ1v) is 17.3. The molecule has 2 aromatic carbocycles. The second-order valence-corrected chi connectivity index (χ2v) is 14.4. The quantitative estimate of drug-likeness (QED) is 0.196. The fourth-order valence-corrected chi connectivity index (χ4v) is 7.89. The molecule has 3 aromatic heterocycles. The Morgan fingerprint density at radius 2 is 0.396 bits per heavy atom. The normalized spacial score (nSPS) is 11.5. The molecule has 0 N–H and O–H groups in total. The van der Waals surface area contributed by atoms with E-state index in [2.05, 4.69) is 125 Å². The maximum Gasteiger partial charge on any atom is 0.110 e. The highest BCUT2D eigenvalue weighted by molar-refractivity contribution is 5.83. The summed E-state index contributed by atoms with van der Waals surface area (Å²) in [6.07, 6.45) is 0. The lowest BCUT2D eigenvalue weighted by atomic mass is 9.83. The maximum absolute atomic E-state index is 5.26. The van der Waals surface area contributed by atoms with Crippen molar-refractivity contribution in [3.63, 3.8) is 0 Å². The van der Waals surface area contributed by atoms with Gasteiger partial charge in [-0.2, -0.15) is 0 Å². The zero-order valence-corrected chi connectivity index (χ0v) is 32.8. The second kappa shape index (κ2) is 12.4. The minimum Gasteiger partial charge on any atom is -0.250 e. The average molecular weight is 639 g/mol. The van der Waals surface area contributed by atoms with Crippen LogP contribution in [0.3, 0.4) is 0 Å². The zero-order valence-electron chi connectivity index (χ0n) is 32.8. The van der Waals surface area contributed by atoms with Gasteiger partial charge in [-0.1, -0.05) is 0 Å². The molecule has 0 saturated heterocycles. The Morgan fingerprint density at radius 1 is 0.188 bits per heavy atom. The molecule has 0 atom stereocenters. The molecule has 3 heterocycles. The Bertz CT molecular complexity index is 1980. The lowest BCUT2D eigenvalue weighted by molar-refractivity contribution is 1.02. The van der Waals surface area contributed by atoms with Crippen molar-refractivity contribution < 1.29 is 0 Å². The molecule has 0 radical (unpaired) electrons. The van der Waals surface area contributed by atoms with Crippen molar-refractivity contribution in [2.75, 3.05) is 0 Å². The van der Waals surface area contributed by atoms with E-state index >= 15 is 0 Å². The van der Waals surface area contributed by atoms with Crippen molar-refractivity contribution in [2.24, 2.45) is 0 Å². The van der Waals surface area contributed by atoms with Crippen LogP contribution in [-0.2, 0) is 0 Å². The van der Waals surface area contributed by atoms with Crippen LogP contribution in [0.1, 0.15) is 101 Å². The molecule has 4 nitrogen and oxygen atoms in total. The summed E-state index contributed by atoms with van der Waals surface area (Å²) in [4.78, 5) is 20.9. The molecule has 250 valence electrons. The summed E-state index contributed by atoms with van der Waals surface area (Å²) in [7, 11) is 0. The van der Waals surface area contributed by atoms with Crippen LogP contribution in [0.5, 0.6) is 0 Å². The molecule has 48 heavy (non-hydrogen) atoms. The van der Waals surface area contributed by atoms with E-state index in [1.807, 2.05) is 0 Å². The predicted octanol–water partition coefficient (Wildman–Crippen LogP) is 11.5. The van der Waals surface area contributed by atoms with E-state index in [0.29, 0.717) is 0 Å². The van der Waals surface area contributed by atoms with Gasteiger partial charge in [-0.3, -0.25) is 9.97 Å². The van der Waals surface area contributed by atoms with E-state index in [1.54, 1.807) is 0 Å². The lowest BCUT2D eigenvalue weighted by Gasteiger charge is -2.24. The highest BCUT2D eigenvalue weighted by Gasteiger charge is 2.25. The first kappa shape index (κ1) is 35.1. The Balaban J connectivity index is 1.67. The summed E-state index contributed by atoms with van der Waals surface area (Å²) in [5.74, 6) is 0. The molecular formula is C44H54N4. The molecule has 0 aliphatic rings. The van der Waals surface area contributed by atoms with E-state index in [-0.39, 0.29) is 0 Å². The smallest absolute Gasteiger partial charge is 0.110 e. The summed E-state index contributed by atoms with van der Waals surface area (Å²) in [5.41, 5.74) is 30.7. The minimum atomic E-state index is 0.843. The third kappa shape index (κ3) is 5.19. The van der Waals surface area contributed by atoms with E-state index in [9.17, 15) is 0 Å². The third-order valence-corrected chi connectivity index (χ3v) is 12.1. The topological polar surface area (TPSA) is 51.6 Å². The zero-order chi connectivity index (χ0) is 35.8. The Hall–Kier alpha value is -4.18. The molecule has 0 unspecified atom stereocenters. The minimum absolute atomic E-state index is 0.843. The fraction of sp³-hybridized carbons (Fsp3) is 0.409. The highest BCUT2D eigenvalue weighted by atomic mass is 14.9. The van der Waals surface area contributed by atoms with Crippen LogP contribution in [0.25, 0.3) is 45.0 Å². The van der Waals surface area contributed by atoms with Gasteiger partial charge in [-0.15, -0.1) is 0 Å². The van der Waals surface area contributed by atoms with Gasteiger partial charge in [0.1, 0.15) is 11.4 Å². The standard InChI is InChI=1S/C44H54N4/c1-19-21(3)25(7)37(26(8)22(19)4)39-29(11)31(13)41(45-33(39)15)43-35(17)48-44(36(18)47-43)42-32(14)30(12)40(34(16)46-42)38-27(9)23(5)20(2)24(6)28(38)10/h1-18H3. The first-order valence-electron chi connectivity index (χ1n) is 17.3. The number of pyridine rings is 2. The van der Waals surface area contributed by atoms with Crippen LogP contribution < -0.4 is 0 Å². The van der Waals surface area contributed by atoms with Gasteiger partial charge in [-0.05, 0) is 214 Å². The van der Waals surface area contributed by atoms with Crippen molar-refractivity contribution in [1.82, 2.24) is 19.9 Å². The van der Waals surface area contributed by atoms with Crippen LogP contribution >= 0.6 is 0 Å². The molecule has 4 heteroatoms. The molecule has 5 aromatic rings. The van der Waals surface area contributed by atoms with Crippen LogP contribution in [0, 0.1) is 125 Å². The number of aromatic nitrogens is 4. The van der Waals surface area contributed by atoms with Gasteiger partial charge < -0.3 is 0 Å². The summed E-state index contributed by atoms with van der Waals surface area (Å²) < 4.78 is 0. The Morgan fingerprint density at radius 3 is 0.667 bits per heavy atom. The number of hydrogen-bond donors (Lipinski definition) is 0. The van der Waals surface area contributed by atoms with Crippen molar-refractivity contribution in [3.8, 4) is 45.0 Å². The SMILES string of the molecule is Cc1nc(-c2nc(C)c(-c3c(C)c(C)c(C)c(C)c3C)c(C)c2C)c(C)nc1-c1nc(C)c(-c2c(C)c(C)c(C)c(C)c2C)c(C)c1C. The lowest BCUT2D eigenvalue weighted by Crippen LogP contribution is -2.09. The summed E-state index contributed by atoms with van der Waals surface area (Å²) >= 11 is 0. The van der Waals surface area contributed by atoms with E-state index in [4.69, 9.17) is 19.9 Å². The van der Waals surface area contributed by atoms with E-state index in [1.165, 1.54) is 89.0 Å². The van der Waals surface area contributed by atoms with Crippen molar-refractivity contribution in [1.29, 1.82) is 0 Å². The van der Waals surface area contributed by atoms with Gasteiger partial charge in [0.05, 0.1) is 22.8 Å². The molecule has 0 aliphatic heterocycles. The van der Waals surface area contributed by atoms with Crippen molar-refractivity contribution in [3.05, 3.63) is 101 Å². The molecule has 0 bridgehead atoms. The van der Waals surface area contributed by atoms with Crippen molar-refractivity contribution in [2.45, 2.75) is 125 Å². The molecule has 5 rings (SSSR count). The summed E-state index contributed by atoms with van der Waals surface area (Å²) in [6.45, 7) is 39.6. The van der Waals surface area contributed by atoms with Crippen LogP contribution in [-0.4, -0.2) is 19.9 Å². The van der Waals surface area contributed by atoms with E-state index in [0.717, 1.165) is 56.7 Å². The van der Waals surface area contributed by atoms with Crippen LogP contribution in [0.15, 0.2) is 0 Å². The van der Waals surface area contributed by atoms with Gasteiger partial charge in [-0.25, -0.2) is 9.97 Å². The predicted molar refractivity (Wildman–Crippen MR) is 205 cm³/mol. The summed E-state index contributed by atoms with van der Waals surface area (Å²) in [6, 6.07) is 0. The average Bonchev–Trinajstić information content (AvgIpc) is 3.04. The van der Waals surface area contributed by atoms with E-state index < -0.39 is 0 Å². The maximum atomic E-state index is 5.26. The fourth-order valence-electron chi connectivity index (χ4n) is 7.89.